The van der Waals surface area contributed by atoms with Gasteiger partial charge in [0.25, 0.3) is 0 Å². The Bertz CT molecular complexity index is 166. The zero-order valence-corrected chi connectivity index (χ0v) is 5.76. The minimum Gasteiger partial charge on any atom is -0.371 e. The Morgan fingerprint density at radius 3 is 2.67 bits per heavy atom. The molecular formula is C8H12O. The Kier molecular flexibility index (Phi) is 0.563. The first-order chi connectivity index (χ1) is 4.30. The second-order valence-corrected chi connectivity index (χ2v) is 4.02. The molecule has 1 heteroatoms. The van der Waals surface area contributed by atoms with E-state index in [1.165, 1.54) is 19.3 Å². The summed E-state index contributed by atoms with van der Waals surface area (Å²) in [6, 6.07) is 0. The van der Waals surface area contributed by atoms with Gasteiger partial charge in [0.2, 0.25) is 0 Å². The van der Waals surface area contributed by atoms with Gasteiger partial charge in [0, 0.05) is 0 Å². The second-order valence-electron chi connectivity index (χ2n) is 4.02. The van der Waals surface area contributed by atoms with Crippen molar-refractivity contribution in [2.24, 2.45) is 11.8 Å². The highest BCUT2D eigenvalue weighted by atomic mass is 16.5. The van der Waals surface area contributed by atoms with Gasteiger partial charge in [0.1, 0.15) is 0 Å². The fourth-order valence-corrected chi connectivity index (χ4v) is 2.57. The van der Waals surface area contributed by atoms with E-state index >= 15 is 0 Å². The lowest BCUT2D eigenvalue weighted by atomic mass is 9.79. The van der Waals surface area contributed by atoms with Crippen LogP contribution in [0, 0.1) is 11.8 Å². The highest BCUT2D eigenvalue weighted by Crippen LogP contribution is 2.64. The van der Waals surface area contributed by atoms with Crippen molar-refractivity contribution in [3.05, 3.63) is 0 Å². The molecule has 0 aromatic carbocycles. The first-order valence-electron chi connectivity index (χ1n) is 3.97. The zero-order chi connectivity index (χ0) is 6.06. The van der Waals surface area contributed by atoms with Crippen LogP contribution in [0.15, 0.2) is 0 Å². The highest BCUT2D eigenvalue weighted by Gasteiger charge is 2.66. The van der Waals surface area contributed by atoms with Gasteiger partial charge in [-0.15, -0.1) is 0 Å². The van der Waals surface area contributed by atoms with Gasteiger partial charge < -0.3 is 4.74 Å². The van der Waals surface area contributed by atoms with E-state index in [1.54, 1.807) is 0 Å². The Hall–Kier alpha value is -0.0400. The molecule has 1 nitrogen and oxygen atoms in total. The summed E-state index contributed by atoms with van der Waals surface area (Å²) in [4.78, 5) is 0. The normalized spacial score (nSPS) is 68.3. The smallest absolute Gasteiger partial charge is 0.0694 e. The van der Waals surface area contributed by atoms with Crippen LogP contribution in [0.3, 0.4) is 0 Å². The van der Waals surface area contributed by atoms with Crippen LogP contribution in [-0.2, 0) is 4.74 Å². The van der Waals surface area contributed by atoms with Crippen molar-refractivity contribution in [3.8, 4) is 0 Å². The number of ether oxygens (including phenoxy) is 1. The standard InChI is InChI=1S/C8H12O/c1-8-4-6(8)5-2-3-7(5)9-8/h5-7H,2-4H2,1H3. The van der Waals surface area contributed by atoms with E-state index in [1.807, 2.05) is 0 Å². The maximum atomic E-state index is 5.82. The molecule has 1 saturated heterocycles. The molecule has 4 unspecified atom stereocenters. The van der Waals surface area contributed by atoms with Gasteiger partial charge in [-0.3, -0.25) is 0 Å². The molecule has 1 heterocycles. The quantitative estimate of drug-likeness (QED) is 0.476. The summed E-state index contributed by atoms with van der Waals surface area (Å²) < 4.78 is 5.82. The van der Waals surface area contributed by atoms with Crippen molar-refractivity contribution < 1.29 is 4.74 Å². The largest absolute Gasteiger partial charge is 0.371 e. The first kappa shape index (κ1) is 4.73. The van der Waals surface area contributed by atoms with E-state index in [0.717, 1.165) is 11.8 Å². The summed E-state index contributed by atoms with van der Waals surface area (Å²) in [6.07, 6.45) is 4.84. The van der Waals surface area contributed by atoms with Gasteiger partial charge in [0.05, 0.1) is 11.7 Å². The molecule has 0 bridgehead atoms. The molecule has 4 atom stereocenters. The minimum absolute atomic E-state index is 0.367. The van der Waals surface area contributed by atoms with E-state index < -0.39 is 0 Å². The topological polar surface area (TPSA) is 9.23 Å². The van der Waals surface area contributed by atoms with E-state index in [9.17, 15) is 0 Å². The van der Waals surface area contributed by atoms with Crippen LogP contribution >= 0.6 is 0 Å². The minimum atomic E-state index is 0.367. The van der Waals surface area contributed by atoms with Crippen LogP contribution in [0.5, 0.6) is 0 Å². The van der Waals surface area contributed by atoms with Crippen LogP contribution in [-0.4, -0.2) is 11.7 Å². The summed E-state index contributed by atoms with van der Waals surface area (Å²) in [7, 11) is 0. The molecule has 0 aromatic heterocycles. The molecule has 3 aliphatic rings. The van der Waals surface area contributed by atoms with Crippen molar-refractivity contribution in [2.45, 2.75) is 37.9 Å². The maximum Gasteiger partial charge on any atom is 0.0694 e. The molecule has 50 valence electrons. The summed E-state index contributed by atoms with van der Waals surface area (Å²) >= 11 is 0. The van der Waals surface area contributed by atoms with Crippen LogP contribution < -0.4 is 0 Å². The lowest BCUT2D eigenvalue weighted by molar-refractivity contribution is -0.0405. The maximum absolute atomic E-state index is 5.82. The molecule has 0 N–H and O–H groups in total. The average Bonchev–Trinajstić information content (AvgIpc) is 2.31. The summed E-state index contributed by atoms with van der Waals surface area (Å²) in [5, 5.41) is 0. The number of hydrogen-bond donors (Lipinski definition) is 0. The van der Waals surface area contributed by atoms with Gasteiger partial charge in [-0.05, 0) is 38.0 Å². The molecule has 2 saturated carbocycles. The lowest BCUT2D eigenvalue weighted by Gasteiger charge is -2.31. The van der Waals surface area contributed by atoms with Crippen molar-refractivity contribution in [2.75, 3.05) is 0 Å². The van der Waals surface area contributed by atoms with Crippen molar-refractivity contribution >= 4 is 0 Å². The third-order valence-corrected chi connectivity index (χ3v) is 3.45. The Morgan fingerprint density at radius 2 is 2.33 bits per heavy atom. The third kappa shape index (κ3) is 0.389. The van der Waals surface area contributed by atoms with E-state index in [2.05, 4.69) is 6.92 Å². The van der Waals surface area contributed by atoms with Crippen molar-refractivity contribution in [3.63, 3.8) is 0 Å². The summed E-state index contributed by atoms with van der Waals surface area (Å²) in [5.74, 6) is 1.95. The molecule has 2 aliphatic carbocycles. The second kappa shape index (κ2) is 1.07. The Balaban J connectivity index is 1.93. The van der Waals surface area contributed by atoms with Gasteiger partial charge in [-0.1, -0.05) is 0 Å². The molecule has 0 radical (unpaired) electrons. The molecule has 0 amide bonds. The predicted octanol–water partition coefficient (Wildman–Crippen LogP) is 1.57. The van der Waals surface area contributed by atoms with Crippen LogP contribution in [0.2, 0.25) is 0 Å². The average molecular weight is 124 g/mol. The van der Waals surface area contributed by atoms with Gasteiger partial charge >= 0.3 is 0 Å². The fraction of sp³-hybridized carbons (Fsp3) is 1.00. The van der Waals surface area contributed by atoms with Crippen LogP contribution in [0.1, 0.15) is 26.2 Å². The van der Waals surface area contributed by atoms with Gasteiger partial charge in [0.15, 0.2) is 0 Å². The third-order valence-electron chi connectivity index (χ3n) is 3.45. The van der Waals surface area contributed by atoms with Gasteiger partial charge in [-0.25, -0.2) is 0 Å². The Morgan fingerprint density at radius 1 is 1.44 bits per heavy atom. The molecular weight excluding hydrogens is 112 g/mol. The molecule has 3 fully saturated rings. The Labute approximate surface area is 55.4 Å². The molecule has 9 heavy (non-hydrogen) atoms. The first-order valence-corrected chi connectivity index (χ1v) is 3.97. The van der Waals surface area contributed by atoms with E-state index in [0.29, 0.717) is 11.7 Å². The molecule has 1 aliphatic heterocycles. The predicted molar refractivity (Wildman–Crippen MR) is 34.1 cm³/mol. The van der Waals surface area contributed by atoms with E-state index in [4.69, 9.17) is 4.74 Å². The summed E-state index contributed by atoms with van der Waals surface area (Å²) in [5.41, 5.74) is 0.367. The number of fused-ring (bicyclic) bond motifs is 3. The lowest BCUT2D eigenvalue weighted by Crippen LogP contribution is -2.30. The number of rotatable bonds is 0. The van der Waals surface area contributed by atoms with E-state index in [-0.39, 0.29) is 0 Å². The van der Waals surface area contributed by atoms with Crippen LogP contribution in [0.25, 0.3) is 0 Å². The highest BCUT2D eigenvalue weighted by molar-refractivity contribution is 5.15. The molecule has 0 spiro atoms. The SMILES string of the molecule is CC12CC1C1CCC1O2. The van der Waals surface area contributed by atoms with Crippen molar-refractivity contribution in [1.82, 2.24) is 0 Å². The zero-order valence-electron chi connectivity index (χ0n) is 5.76. The molecule has 3 rings (SSSR count). The molecule has 0 aromatic rings. The van der Waals surface area contributed by atoms with Gasteiger partial charge in [-0.2, -0.15) is 0 Å². The fourth-order valence-electron chi connectivity index (χ4n) is 2.57. The number of hydrogen-bond acceptors (Lipinski definition) is 1. The monoisotopic (exact) mass is 124 g/mol. The van der Waals surface area contributed by atoms with Crippen LogP contribution in [0.4, 0.5) is 0 Å². The summed E-state index contributed by atoms with van der Waals surface area (Å²) in [6.45, 7) is 2.27. The van der Waals surface area contributed by atoms with Crippen molar-refractivity contribution in [1.29, 1.82) is 0 Å².